The second kappa shape index (κ2) is 44.2. The summed E-state index contributed by atoms with van der Waals surface area (Å²) in [7, 11) is 0. The molecule has 0 aliphatic heterocycles. The summed E-state index contributed by atoms with van der Waals surface area (Å²) in [5.41, 5.74) is 7.75. The Balaban J connectivity index is 0.000000430. The van der Waals surface area contributed by atoms with Gasteiger partial charge in [0, 0.05) is 85.1 Å². The fourth-order valence-electron chi connectivity index (χ4n) is 5.12. The van der Waals surface area contributed by atoms with Crippen LogP contribution >= 0.6 is 0 Å². The Morgan fingerprint density at radius 2 is 0.737 bits per heavy atom. The summed E-state index contributed by atoms with van der Waals surface area (Å²) in [5.74, 6) is 1.58. The predicted molar refractivity (Wildman–Crippen MR) is 308 cm³/mol. The van der Waals surface area contributed by atoms with Gasteiger partial charge in [0.2, 0.25) is 0 Å². The quantitative estimate of drug-likeness (QED) is 0.138. The van der Waals surface area contributed by atoms with Gasteiger partial charge in [-0.25, -0.2) is 49.8 Å². The molecule has 0 aliphatic rings. The summed E-state index contributed by atoms with van der Waals surface area (Å²) in [6.45, 7) is 23.6. The third kappa shape index (κ3) is 29.1. The van der Waals surface area contributed by atoms with Crippen LogP contribution in [0, 0.1) is 27.7 Å². The smallest absolute Gasteiger partial charge is 0.128 e. The average molecular weight is 1020 g/mol. The van der Waals surface area contributed by atoms with E-state index < -0.39 is 0 Å². The molecule has 0 amide bonds. The molecule has 12 aromatic rings. The van der Waals surface area contributed by atoms with Crippen molar-refractivity contribution in [1.82, 2.24) is 85.0 Å². The molecule has 17 nitrogen and oxygen atoms in total. The van der Waals surface area contributed by atoms with E-state index in [1.165, 1.54) is 19.0 Å². The minimum atomic E-state index is 0.759. The van der Waals surface area contributed by atoms with E-state index in [-0.39, 0.29) is 0 Å². The summed E-state index contributed by atoms with van der Waals surface area (Å²) in [5, 5.41) is 9.25. The van der Waals surface area contributed by atoms with E-state index in [2.05, 4.69) is 85.0 Å². The molecule has 0 saturated heterocycles. The number of benzene rings is 4. The van der Waals surface area contributed by atoms with E-state index in [1.807, 2.05) is 205 Å². The number of para-hydroxylation sites is 6. The highest BCUT2D eigenvalue weighted by molar-refractivity contribution is 5.78. The fourth-order valence-corrected chi connectivity index (χ4v) is 5.12. The van der Waals surface area contributed by atoms with Crippen molar-refractivity contribution in [3.63, 3.8) is 0 Å². The minimum absolute atomic E-state index is 0.759. The van der Waals surface area contributed by atoms with Crippen LogP contribution in [0.4, 0.5) is 0 Å². The number of hydrogen-bond donors (Lipinski definition) is 0. The second-order valence-electron chi connectivity index (χ2n) is 13.5. The lowest BCUT2D eigenvalue weighted by Crippen LogP contribution is -1.86. The van der Waals surface area contributed by atoms with Gasteiger partial charge in [-0.1, -0.05) is 116 Å². The molecule has 0 saturated carbocycles. The SMILES string of the molecule is CC.CC.CC.CC.Cc1cnc2ccccc2n1.Cc1cnccn1.Cc1ncc2ccccc2n1.Cc1ncncn1.c1ccc2nccnc2c1.c1ccc2ncncc2c1.c1ccnnc1.c1cncnc1. The van der Waals surface area contributed by atoms with Gasteiger partial charge in [0.15, 0.2) is 0 Å². The van der Waals surface area contributed by atoms with Gasteiger partial charge >= 0.3 is 0 Å². The highest BCUT2D eigenvalue weighted by atomic mass is 15.1. The Morgan fingerprint density at radius 3 is 1.17 bits per heavy atom. The topological polar surface area (TPSA) is 219 Å². The van der Waals surface area contributed by atoms with Crippen molar-refractivity contribution in [3.05, 3.63) is 238 Å². The molecule has 392 valence electrons. The zero-order valence-electron chi connectivity index (χ0n) is 45.8. The highest BCUT2D eigenvalue weighted by Gasteiger charge is 1.94. The van der Waals surface area contributed by atoms with Crippen LogP contribution in [0.25, 0.3) is 43.9 Å². The third-order valence-electron chi connectivity index (χ3n) is 8.24. The Kier molecular flexibility index (Phi) is 37.5. The van der Waals surface area contributed by atoms with E-state index in [4.69, 9.17) is 0 Å². The van der Waals surface area contributed by atoms with Crippen molar-refractivity contribution in [3.8, 4) is 0 Å². The van der Waals surface area contributed by atoms with Crippen molar-refractivity contribution >= 4 is 43.9 Å². The van der Waals surface area contributed by atoms with Gasteiger partial charge in [0.25, 0.3) is 0 Å². The van der Waals surface area contributed by atoms with E-state index >= 15 is 0 Å². The zero-order valence-corrected chi connectivity index (χ0v) is 45.8. The molecule has 0 bridgehead atoms. The van der Waals surface area contributed by atoms with Gasteiger partial charge in [-0.15, -0.1) is 0 Å². The number of hydrogen-bond acceptors (Lipinski definition) is 17. The molecular formula is C59H71N17. The van der Waals surface area contributed by atoms with Crippen LogP contribution in [-0.4, -0.2) is 85.0 Å². The standard InChI is InChI=1S/2C9H8N2.2C8H6N2.C5H6N2.C4H5N3.2C4H4N2.4C2H6/c1-7-10-6-8-4-2-3-5-9(8)11-7;1-7-6-10-8-4-2-3-5-9(8)11-7;1-2-4-8-7(3-1)5-9-6-10-8;1-2-4-8-7(3-1)9-5-6-10-8;1-5-4-6-2-3-7-5;1-4-6-2-5-3-7-4;1-2-5-4-6-3-1;1-2-4-6-5-3-1;4*1-2/h2*2-6H,1H3;2*1-6H;2-4H,1H3;2-3H,1H3;2*1-4H;4*1-2H3. The molecule has 4 aromatic carbocycles. The highest BCUT2D eigenvalue weighted by Crippen LogP contribution is 2.10. The molecule has 0 spiro atoms. The van der Waals surface area contributed by atoms with Crippen molar-refractivity contribution in [2.75, 3.05) is 0 Å². The molecule has 76 heavy (non-hydrogen) atoms. The van der Waals surface area contributed by atoms with Gasteiger partial charge in [-0.3, -0.25) is 24.9 Å². The molecule has 0 N–H and O–H groups in total. The van der Waals surface area contributed by atoms with E-state index in [9.17, 15) is 0 Å². The van der Waals surface area contributed by atoms with Crippen molar-refractivity contribution in [2.24, 2.45) is 0 Å². The summed E-state index contributed by atoms with van der Waals surface area (Å²) < 4.78 is 0. The second-order valence-corrected chi connectivity index (χ2v) is 13.5. The van der Waals surface area contributed by atoms with Crippen molar-refractivity contribution in [1.29, 1.82) is 0 Å². The number of aryl methyl sites for hydroxylation is 4. The van der Waals surface area contributed by atoms with Crippen LogP contribution in [0.5, 0.6) is 0 Å². The number of aromatic nitrogens is 17. The molecule has 8 aromatic heterocycles. The molecule has 0 aliphatic carbocycles. The van der Waals surface area contributed by atoms with Gasteiger partial charge in [-0.05, 0) is 82.3 Å². The first kappa shape index (κ1) is 64.5. The van der Waals surface area contributed by atoms with Crippen LogP contribution in [0.3, 0.4) is 0 Å². The molecule has 12 rings (SSSR count). The minimum Gasteiger partial charge on any atom is -0.261 e. The first-order chi connectivity index (χ1) is 37.4. The zero-order chi connectivity index (χ0) is 55.7. The summed E-state index contributed by atoms with van der Waals surface area (Å²) in [4.78, 5) is 59.3. The summed E-state index contributed by atoms with van der Waals surface area (Å²) in [6.07, 6.45) is 26.5. The van der Waals surface area contributed by atoms with Crippen LogP contribution in [-0.2, 0) is 0 Å². The molecule has 17 heteroatoms. The molecule has 0 unspecified atom stereocenters. The molecule has 0 fully saturated rings. The van der Waals surface area contributed by atoms with Crippen LogP contribution in [0.15, 0.2) is 215 Å². The predicted octanol–water partition coefficient (Wildman–Crippen LogP) is 13.2. The van der Waals surface area contributed by atoms with Crippen LogP contribution in [0.1, 0.15) is 78.4 Å². The molecule has 8 heterocycles. The van der Waals surface area contributed by atoms with Crippen LogP contribution < -0.4 is 0 Å². The summed E-state index contributed by atoms with van der Waals surface area (Å²) >= 11 is 0. The maximum absolute atomic E-state index is 4.31. The first-order valence-electron chi connectivity index (χ1n) is 24.8. The Bertz CT molecular complexity index is 2800. The largest absolute Gasteiger partial charge is 0.261 e. The number of fused-ring (bicyclic) bond motifs is 4. The van der Waals surface area contributed by atoms with Gasteiger partial charge in [0.1, 0.15) is 37.0 Å². The maximum atomic E-state index is 4.31. The first-order valence-corrected chi connectivity index (χ1v) is 24.8. The van der Waals surface area contributed by atoms with Gasteiger partial charge < -0.3 is 0 Å². The van der Waals surface area contributed by atoms with Crippen molar-refractivity contribution < 1.29 is 0 Å². The Hall–Kier alpha value is -9.51. The third-order valence-corrected chi connectivity index (χ3v) is 8.24. The average Bonchev–Trinajstić information content (AvgIpc) is 3.51. The summed E-state index contributed by atoms with van der Waals surface area (Å²) in [6, 6.07) is 37.0. The number of rotatable bonds is 0. The lowest BCUT2D eigenvalue weighted by Gasteiger charge is -1.95. The lowest BCUT2D eigenvalue weighted by atomic mass is 10.2. The monoisotopic (exact) mass is 1020 g/mol. The van der Waals surface area contributed by atoms with Gasteiger partial charge in [-0.2, -0.15) is 10.2 Å². The molecule has 0 radical (unpaired) electrons. The van der Waals surface area contributed by atoms with E-state index in [0.29, 0.717) is 0 Å². The normalized spacial score (nSPS) is 8.79. The molecule has 0 atom stereocenters. The van der Waals surface area contributed by atoms with E-state index in [1.54, 1.807) is 74.4 Å². The lowest BCUT2D eigenvalue weighted by molar-refractivity contribution is 0.974. The van der Waals surface area contributed by atoms with E-state index in [0.717, 1.165) is 66.9 Å². The van der Waals surface area contributed by atoms with Crippen LogP contribution in [0.2, 0.25) is 0 Å². The number of nitrogens with zero attached hydrogens (tertiary/aromatic N) is 17. The Labute approximate surface area is 448 Å². The van der Waals surface area contributed by atoms with Crippen molar-refractivity contribution in [2.45, 2.75) is 83.1 Å². The fraction of sp³-hybridized carbons (Fsp3) is 0.203. The van der Waals surface area contributed by atoms with Gasteiger partial charge in [0.05, 0.1) is 44.5 Å². The molecular weight excluding hydrogens is 947 g/mol. The maximum Gasteiger partial charge on any atom is 0.128 e. The Morgan fingerprint density at radius 1 is 0.250 bits per heavy atom.